The fraction of sp³-hybridized carbons (Fsp3) is 0.0714. The minimum Gasteiger partial charge on any atom is -0.380 e. The number of nitro benzene ring substituents is 1. The Bertz CT molecular complexity index is 743. The smallest absolute Gasteiger partial charge is 0.270 e. The average molecular weight is 367 g/mol. The average Bonchev–Trinajstić information content (AvgIpc) is 2.46. The lowest BCUT2D eigenvalue weighted by molar-refractivity contribution is -0.384. The van der Waals surface area contributed by atoms with Crippen LogP contribution in [0, 0.1) is 21.4 Å². The largest absolute Gasteiger partial charge is 0.380 e. The molecule has 0 atom stereocenters. The van der Waals surface area contributed by atoms with Crippen molar-refractivity contribution in [3.05, 3.63) is 67.1 Å². The molecule has 7 heteroatoms. The maximum absolute atomic E-state index is 10.7. The third-order valence-corrected chi connectivity index (χ3v) is 3.66. The van der Waals surface area contributed by atoms with Gasteiger partial charge in [0.15, 0.2) is 0 Å². The first-order chi connectivity index (χ1) is 10.0. The van der Waals surface area contributed by atoms with E-state index in [0.717, 1.165) is 4.47 Å². The molecule has 0 radical (unpaired) electrons. The standard InChI is InChI=1S/C14H9BrClN3O2/c15-11-2-4-14(10(5-11)7-17)18-8-9-1-3-12(19(20)21)6-13(9)16/h1-6,18H,8H2. The molecule has 0 heterocycles. The summed E-state index contributed by atoms with van der Waals surface area (Å²) in [6.07, 6.45) is 0. The Morgan fingerprint density at radius 1 is 1.33 bits per heavy atom. The van der Waals surface area contributed by atoms with Gasteiger partial charge in [-0.15, -0.1) is 0 Å². The van der Waals surface area contributed by atoms with Crippen molar-refractivity contribution >= 4 is 38.9 Å². The molecule has 0 aliphatic carbocycles. The summed E-state index contributed by atoms with van der Waals surface area (Å²) in [5.41, 5.74) is 1.84. The van der Waals surface area contributed by atoms with Crippen LogP contribution in [0.3, 0.4) is 0 Å². The number of anilines is 1. The molecule has 0 saturated carbocycles. The number of rotatable bonds is 4. The lowest BCUT2D eigenvalue weighted by Crippen LogP contribution is -2.02. The fourth-order valence-corrected chi connectivity index (χ4v) is 2.35. The minimum absolute atomic E-state index is 0.0508. The highest BCUT2D eigenvalue weighted by molar-refractivity contribution is 9.10. The van der Waals surface area contributed by atoms with Gasteiger partial charge in [-0.3, -0.25) is 10.1 Å². The number of hydrogen-bond acceptors (Lipinski definition) is 4. The quantitative estimate of drug-likeness (QED) is 0.638. The van der Waals surface area contributed by atoms with E-state index in [2.05, 4.69) is 27.3 Å². The van der Waals surface area contributed by atoms with Crippen molar-refractivity contribution in [2.24, 2.45) is 0 Å². The van der Waals surface area contributed by atoms with Crippen LogP contribution in [-0.2, 0) is 6.54 Å². The molecular weight excluding hydrogens is 358 g/mol. The van der Waals surface area contributed by atoms with E-state index in [4.69, 9.17) is 16.9 Å². The first-order valence-corrected chi connectivity index (χ1v) is 7.04. The van der Waals surface area contributed by atoms with Gasteiger partial charge in [-0.1, -0.05) is 27.5 Å². The van der Waals surface area contributed by atoms with Gasteiger partial charge in [-0.25, -0.2) is 0 Å². The highest BCUT2D eigenvalue weighted by Crippen LogP contribution is 2.25. The molecule has 0 fully saturated rings. The van der Waals surface area contributed by atoms with Crippen LogP contribution in [0.2, 0.25) is 5.02 Å². The Kier molecular flexibility index (Phi) is 4.78. The van der Waals surface area contributed by atoms with Gasteiger partial charge in [0.2, 0.25) is 0 Å². The van der Waals surface area contributed by atoms with Crippen molar-refractivity contribution in [1.29, 1.82) is 5.26 Å². The second-order valence-electron chi connectivity index (χ2n) is 4.19. The number of benzene rings is 2. The van der Waals surface area contributed by atoms with Crippen molar-refractivity contribution in [2.75, 3.05) is 5.32 Å². The lowest BCUT2D eigenvalue weighted by Gasteiger charge is -2.10. The maximum Gasteiger partial charge on any atom is 0.270 e. The van der Waals surface area contributed by atoms with Crippen LogP contribution in [0.4, 0.5) is 11.4 Å². The van der Waals surface area contributed by atoms with Gasteiger partial charge < -0.3 is 5.32 Å². The van der Waals surface area contributed by atoms with Crippen LogP contribution in [0.5, 0.6) is 0 Å². The number of nitrogens with one attached hydrogen (secondary N) is 1. The van der Waals surface area contributed by atoms with E-state index in [1.165, 1.54) is 12.1 Å². The number of nitrogens with zero attached hydrogens (tertiary/aromatic N) is 2. The van der Waals surface area contributed by atoms with Crippen molar-refractivity contribution in [1.82, 2.24) is 0 Å². The van der Waals surface area contributed by atoms with Gasteiger partial charge >= 0.3 is 0 Å². The zero-order valence-electron chi connectivity index (χ0n) is 10.6. The number of hydrogen-bond donors (Lipinski definition) is 1. The Labute approximate surface area is 134 Å². The summed E-state index contributed by atoms with van der Waals surface area (Å²) in [6.45, 7) is 0.368. The van der Waals surface area contributed by atoms with Gasteiger partial charge in [-0.05, 0) is 29.8 Å². The second kappa shape index (κ2) is 6.57. The third kappa shape index (κ3) is 3.72. The second-order valence-corrected chi connectivity index (χ2v) is 5.51. The van der Waals surface area contributed by atoms with E-state index >= 15 is 0 Å². The Balaban J connectivity index is 2.17. The predicted octanol–water partition coefficient (Wildman–Crippen LogP) is 4.49. The first kappa shape index (κ1) is 15.3. The predicted molar refractivity (Wildman–Crippen MR) is 84.3 cm³/mol. The van der Waals surface area contributed by atoms with Crippen molar-refractivity contribution in [3.8, 4) is 6.07 Å². The molecule has 0 aromatic heterocycles. The summed E-state index contributed by atoms with van der Waals surface area (Å²) in [5, 5.41) is 23.1. The molecule has 106 valence electrons. The summed E-state index contributed by atoms with van der Waals surface area (Å²) in [5.74, 6) is 0. The van der Waals surface area contributed by atoms with Crippen LogP contribution >= 0.6 is 27.5 Å². The van der Waals surface area contributed by atoms with Crippen LogP contribution < -0.4 is 5.32 Å². The van der Waals surface area contributed by atoms with Gasteiger partial charge in [-0.2, -0.15) is 5.26 Å². The molecule has 0 amide bonds. The van der Waals surface area contributed by atoms with E-state index in [-0.39, 0.29) is 5.69 Å². The number of nitro groups is 1. The van der Waals surface area contributed by atoms with Gasteiger partial charge in [0.25, 0.3) is 5.69 Å². The Hall–Kier alpha value is -2.10. The first-order valence-electron chi connectivity index (χ1n) is 5.87. The third-order valence-electron chi connectivity index (χ3n) is 2.82. The molecule has 5 nitrogen and oxygen atoms in total. The van der Waals surface area contributed by atoms with Crippen LogP contribution in [0.25, 0.3) is 0 Å². The maximum atomic E-state index is 10.7. The molecule has 0 aliphatic rings. The number of halogens is 2. The summed E-state index contributed by atoms with van der Waals surface area (Å²) in [7, 11) is 0. The SMILES string of the molecule is N#Cc1cc(Br)ccc1NCc1ccc([N+](=O)[O-])cc1Cl. The normalized spacial score (nSPS) is 9.95. The topological polar surface area (TPSA) is 79.0 Å². The van der Waals surface area contributed by atoms with Crippen LogP contribution in [-0.4, -0.2) is 4.92 Å². The van der Waals surface area contributed by atoms with E-state index in [9.17, 15) is 10.1 Å². The van der Waals surface area contributed by atoms with E-state index in [0.29, 0.717) is 28.4 Å². The molecule has 2 aromatic rings. The lowest BCUT2D eigenvalue weighted by atomic mass is 10.1. The van der Waals surface area contributed by atoms with Crippen LogP contribution in [0.1, 0.15) is 11.1 Å². The van der Waals surface area contributed by atoms with E-state index in [1.807, 2.05) is 6.07 Å². The summed E-state index contributed by atoms with van der Waals surface area (Å²) < 4.78 is 0.818. The van der Waals surface area contributed by atoms with E-state index in [1.54, 1.807) is 18.2 Å². The summed E-state index contributed by atoms with van der Waals surface area (Å²) in [6, 6.07) is 11.7. The molecule has 0 bridgehead atoms. The minimum atomic E-state index is -0.494. The van der Waals surface area contributed by atoms with Crippen molar-refractivity contribution in [3.63, 3.8) is 0 Å². The molecule has 21 heavy (non-hydrogen) atoms. The van der Waals surface area contributed by atoms with Crippen molar-refractivity contribution in [2.45, 2.75) is 6.54 Å². The number of non-ortho nitro benzene ring substituents is 1. The highest BCUT2D eigenvalue weighted by atomic mass is 79.9. The Morgan fingerprint density at radius 3 is 2.71 bits per heavy atom. The summed E-state index contributed by atoms with van der Waals surface area (Å²) >= 11 is 9.32. The molecule has 0 saturated heterocycles. The van der Waals surface area contributed by atoms with Gasteiger partial charge in [0.1, 0.15) is 6.07 Å². The molecule has 0 aliphatic heterocycles. The molecule has 2 rings (SSSR count). The number of nitriles is 1. The summed E-state index contributed by atoms with van der Waals surface area (Å²) in [4.78, 5) is 10.2. The molecule has 0 spiro atoms. The zero-order valence-corrected chi connectivity index (χ0v) is 13.0. The fourth-order valence-electron chi connectivity index (χ4n) is 1.75. The molecule has 1 N–H and O–H groups in total. The molecule has 0 unspecified atom stereocenters. The monoisotopic (exact) mass is 365 g/mol. The van der Waals surface area contributed by atoms with Gasteiger partial charge in [0.05, 0.1) is 21.2 Å². The van der Waals surface area contributed by atoms with Gasteiger partial charge in [0, 0.05) is 23.2 Å². The molecule has 2 aromatic carbocycles. The Morgan fingerprint density at radius 2 is 2.10 bits per heavy atom. The molecular formula is C14H9BrClN3O2. The highest BCUT2D eigenvalue weighted by Gasteiger charge is 2.10. The zero-order chi connectivity index (χ0) is 15.4. The van der Waals surface area contributed by atoms with Crippen LogP contribution in [0.15, 0.2) is 40.9 Å². The van der Waals surface area contributed by atoms with Crippen molar-refractivity contribution < 1.29 is 4.92 Å². The van der Waals surface area contributed by atoms with E-state index < -0.39 is 4.92 Å².